The van der Waals surface area contributed by atoms with Gasteiger partial charge in [0.05, 0.1) is 19.8 Å². The number of carbonyl (C=O) groups is 1. The maximum absolute atomic E-state index is 14.6. The summed E-state index contributed by atoms with van der Waals surface area (Å²) in [6.45, 7) is 5.86. The number of nitrogens with one attached hydrogen (secondary N) is 2. The van der Waals surface area contributed by atoms with Gasteiger partial charge in [0.2, 0.25) is 0 Å². The van der Waals surface area contributed by atoms with Gasteiger partial charge in [0.15, 0.2) is 5.69 Å². The van der Waals surface area contributed by atoms with Gasteiger partial charge in [-0.15, -0.1) is 5.10 Å². The molecule has 0 unspecified atom stereocenters. The van der Waals surface area contributed by atoms with E-state index in [2.05, 4.69) is 55.9 Å². The molecule has 1 aliphatic carbocycles. The summed E-state index contributed by atoms with van der Waals surface area (Å²) < 4.78 is 51.9. The number of hydrogen-bond donors (Lipinski definition) is 2. The van der Waals surface area contributed by atoms with E-state index in [9.17, 15) is 18.0 Å². The Morgan fingerprint density at radius 2 is 1.90 bits per heavy atom. The molecule has 2 bridgehead atoms. The Morgan fingerprint density at radius 3 is 2.59 bits per heavy atom. The average Bonchev–Trinajstić information content (AvgIpc) is 3.72. The zero-order chi connectivity index (χ0) is 34.4. The zero-order valence-corrected chi connectivity index (χ0v) is 28.7. The van der Waals surface area contributed by atoms with Crippen molar-refractivity contribution in [3.05, 3.63) is 75.4 Å². The second-order valence-electron chi connectivity index (χ2n) is 13.6. The SMILES string of the molecule is COc1cccc(CN(C(=O)C2=C(c3ccc(N4CC[C@@H](COc5nn(C)c(C(F)(F)F)c5Cl)C4)cc3)C[C@H]3CNC[C@@H]2N3)C2CC2)c1C. The molecule has 1 saturated carbocycles. The Kier molecular flexibility index (Phi) is 9.31. The minimum absolute atomic E-state index is 0.0681. The smallest absolute Gasteiger partial charge is 0.434 e. The Bertz CT molecular complexity index is 1740. The molecule has 9 nitrogen and oxygen atoms in total. The summed E-state index contributed by atoms with van der Waals surface area (Å²) in [5, 5.41) is 10.6. The van der Waals surface area contributed by atoms with Crippen LogP contribution in [0.4, 0.5) is 18.9 Å². The molecule has 4 aliphatic rings. The van der Waals surface area contributed by atoms with Crippen LogP contribution in [0, 0.1) is 12.8 Å². The fraction of sp³-hybridized carbons (Fsp3) is 0.500. The van der Waals surface area contributed by atoms with Gasteiger partial charge in [-0.25, -0.2) is 0 Å². The summed E-state index contributed by atoms with van der Waals surface area (Å²) in [5.74, 6) is 0.838. The van der Waals surface area contributed by atoms with Gasteiger partial charge in [0, 0.05) is 69.0 Å². The van der Waals surface area contributed by atoms with E-state index in [1.807, 2.05) is 19.1 Å². The number of aryl methyl sites for hydroxylation is 1. The minimum Gasteiger partial charge on any atom is -0.496 e. The first-order valence-electron chi connectivity index (χ1n) is 16.9. The van der Waals surface area contributed by atoms with Crippen LogP contribution >= 0.6 is 11.6 Å². The van der Waals surface area contributed by atoms with E-state index < -0.39 is 16.9 Å². The van der Waals surface area contributed by atoms with Gasteiger partial charge >= 0.3 is 6.18 Å². The van der Waals surface area contributed by atoms with Crippen molar-refractivity contribution in [1.29, 1.82) is 0 Å². The number of halogens is 4. The predicted molar refractivity (Wildman–Crippen MR) is 182 cm³/mol. The Hall–Kier alpha value is -3.74. The number of alkyl halides is 3. The maximum Gasteiger partial charge on any atom is 0.434 e. The lowest BCUT2D eigenvalue weighted by Gasteiger charge is -2.41. The van der Waals surface area contributed by atoms with Crippen LogP contribution in [-0.4, -0.2) is 78.6 Å². The van der Waals surface area contributed by atoms with E-state index in [1.54, 1.807) is 7.11 Å². The van der Waals surface area contributed by atoms with E-state index in [4.69, 9.17) is 21.1 Å². The largest absolute Gasteiger partial charge is 0.496 e. The molecule has 0 spiro atoms. The number of nitrogens with zero attached hydrogens (tertiary/aromatic N) is 4. The fourth-order valence-electron chi connectivity index (χ4n) is 7.53. The van der Waals surface area contributed by atoms with Crippen LogP contribution in [0.15, 0.2) is 48.0 Å². The first-order chi connectivity index (χ1) is 23.5. The molecule has 13 heteroatoms. The van der Waals surface area contributed by atoms with Crippen molar-refractivity contribution in [1.82, 2.24) is 25.3 Å². The summed E-state index contributed by atoms with van der Waals surface area (Å²) in [7, 11) is 2.88. The zero-order valence-electron chi connectivity index (χ0n) is 27.9. The van der Waals surface area contributed by atoms with Gasteiger partial charge in [0.25, 0.3) is 11.8 Å². The quantitative estimate of drug-likeness (QED) is 0.286. The van der Waals surface area contributed by atoms with Crippen LogP contribution in [0.2, 0.25) is 5.02 Å². The maximum atomic E-state index is 14.6. The summed E-state index contributed by atoms with van der Waals surface area (Å²) in [4.78, 5) is 18.9. The molecule has 3 atom stereocenters. The van der Waals surface area contributed by atoms with E-state index in [0.717, 1.165) is 78.0 Å². The van der Waals surface area contributed by atoms with Gasteiger partial charge in [-0.1, -0.05) is 35.9 Å². The number of amides is 1. The molecular weight excluding hydrogens is 657 g/mol. The van der Waals surface area contributed by atoms with Crippen molar-refractivity contribution in [2.75, 3.05) is 44.8 Å². The second-order valence-corrected chi connectivity index (χ2v) is 14.0. The highest BCUT2D eigenvalue weighted by atomic mass is 35.5. The van der Waals surface area contributed by atoms with Gasteiger partial charge in [0.1, 0.15) is 10.8 Å². The van der Waals surface area contributed by atoms with E-state index in [-0.39, 0.29) is 42.4 Å². The van der Waals surface area contributed by atoms with Crippen LogP contribution in [0.3, 0.4) is 0 Å². The third-order valence-corrected chi connectivity index (χ3v) is 10.6. The third kappa shape index (κ3) is 6.87. The number of methoxy groups -OCH3 is 1. The molecule has 1 aromatic heterocycles. The minimum atomic E-state index is -4.61. The highest BCUT2D eigenvalue weighted by Gasteiger charge is 2.42. The van der Waals surface area contributed by atoms with Crippen LogP contribution in [-0.2, 0) is 24.6 Å². The topological polar surface area (TPSA) is 83.9 Å². The molecule has 49 heavy (non-hydrogen) atoms. The highest BCUT2D eigenvalue weighted by Crippen LogP contribution is 2.40. The van der Waals surface area contributed by atoms with Crippen molar-refractivity contribution in [3.63, 3.8) is 0 Å². The predicted octanol–water partition coefficient (Wildman–Crippen LogP) is 5.59. The van der Waals surface area contributed by atoms with E-state index in [0.29, 0.717) is 24.3 Å². The monoisotopic (exact) mass is 698 g/mol. The lowest BCUT2D eigenvalue weighted by molar-refractivity contribution is -0.143. The molecule has 2 N–H and O–H groups in total. The first-order valence-corrected chi connectivity index (χ1v) is 17.3. The van der Waals surface area contributed by atoms with Crippen molar-refractivity contribution in [3.8, 4) is 11.6 Å². The van der Waals surface area contributed by atoms with Crippen LogP contribution in [0.5, 0.6) is 11.6 Å². The fourth-order valence-corrected chi connectivity index (χ4v) is 7.85. The summed E-state index contributed by atoms with van der Waals surface area (Å²) in [6, 6.07) is 14.9. The van der Waals surface area contributed by atoms with E-state index >= 15 is 0 Å². The third-order valence-electron chi connectivity index (χ3n) is 10.3. The lowest BCUT2D eigenvalue weighted by atomic mass is 9.83. The van der Waals surface area contributed by atoms with Crippen LogP contribution in [0.25, 0.3) is 5.57 Å². The number of rotatable bonds is 10. The molecule has 4 heterocycles. The number of piperazine rings is 1. The molecule has 3 aliphatic heterocycles. The summed E-state index contributed by atoms with van der Waals surface area (Å²) in [5.41, 5.74) is 5.21. The summed E-state index contributed by atoms with van der Waals surface area (Å²) >= 11 is 5.98. The van der Waals surface area contributed by atoms with Crippen molar-refractivity contribution < 1.29 is 27.4 Å². The van der Waals surface area contributed by atoms with Gasteiger partial charge in [-0.05, 0) is 73.1 Å². The Morgan fingerprint density at radius 1 is 1.12 bits per heavy atom. The van der Waals surface area contributed by atoms with Gasteiger partial charge < -0.3 is 29.9 Å². The molecule has 3 fully saturated rings. The van der Waals surface area contributed by atoms with Crippen LogP contribution < -0.4 is 25.0 Å². The summed E-state index contributed by atoms with van der Waals surface area (Å²) in [6.07, 6.45) is -1.01. The standard InChI is InChI=1S/C36H42ClF3N6O3/c1-21-24(5-4-6-30(21)48-3)19-46(27-11-12-27)35(47)31-28(15-25-16-41-17-29(31)42-25)23-7-9-26(10-8-23)45-14-13-22(18-45)20-49-34-32(37)33(36(38,39)40)44(2)43-34/h4-10,22,25,27,29,41-42H,11-20H2,1-3H3/t22-,25+,29+/m1/s1. The van der Waals surface area contributed by atoms with Crippen molar-refractivity contribution in [2.24, 2.45) is 13.0 Å². The molecule has 0 radical (unpaired) electrons. The molecule has 1 amide bonds. The van der Waals surface area contributed by atoms with Crippen molar-refractivity contribution in [2.45, 2.75) is 63.5 Å². The first kappa shape index (κ1) is 33.7. The molecule has 2 saturated heterocycles. The number of aromatic nitrogens is 2. The molecular formula is C36H42ClF3N6O3. The molecule has 7 rings (SSSR count). The van der Waals surface area contributed by atoms with Crippen LogP contribution in [0.1, 0.15) is 48.1 Å². The lowest BCUT2D eigenvalue weighted by Crippen LogP contribution is -2.60. The number of ether oxygens (including phenoxy) is 2. The molecule has 2 aromatic carbocycles. The van der Waals surface area contributed by atoms with E-state index in [1.165, 1.54) is 7.05 Å². The number of fused-ring (bicyclic) bond motifs is 2. The molecule has 3 aromatic rings. The number of anilines is 1. The Labute approximate surface area is 289 Å². The number of hydrogen-bond acceptors (Lipinski definition) is 7. The number of benzene rings is 2. The normalized spacial score (nSPS) is 22.4. The van der Waals surface area contributed by atoms with Crippen molar-refractivity contribution >= 4 is 28.8 Å². The Balaban J connectivity index is 1.08. The van der Waals surface area contributed by atoms with Gasteiger partial charge in [-0.3, -0.25) is 9.48 Å². The van der Waals surface area contributed by atoms with Gasteiger partial charge in [-0.2, -0.15) is 13.2 Å². The highest BCUT2D eigenvalue weighted by molar-refractivity contribution is 6.32. The number of carbonyl (C=O) groups excluding carboxylic acids is 1. The average molecular weight is 699 g/mol. The second kappa shape index (κ2) is 13.5. The molecule has 262 valence electrons.